The Hall–Kier alpha value is -2.55. The first kappa shape index (κ1) is 19.8. The minimum absolute atomic E-state index is 0.163. The Balaban J connectivity index is 1.67. The summed E-state index contributed by atoms with van der Waals surface area (Å²) in [6.45, 7) is 8.10. The number of hydrogen-bond donors (Lipinski definition) is 1. The summed E-state index contributed by atoms with van der Waals surface area (Å²) in [4.78, 5) is 15.1. The normalized spacial score (nSPS) is 22.0. The lowest BCUT2D eigenvalue weighted by Crippen LogP contribution is -2.33. The van der Waals surface area contributed by atoms with Gasteiger partial charge in [0.15, 0.2) is 0 Å². The first-order valence-corrected chi connectivity index (χ1v) is 11.1. The van der Waals surface area contributed by atoms with Crippen molar-refractivity contribution < 1.29 is 4.79 Å². The zero-order chi connectivity index (χ0) is 20.4. The molecule has 2 aliphatic rings. The summed E-state index contributed by atoms with van der Waals surface area (Å²) in [6, 6.07) is 15.3. The molecule has 152 valence electrons. The molecule has 0 aromatic heterocycles. The van der Waals surface area contributed by atoms with E-state index in [-0.39, 0.29) is 5.91 Å². The number of nitrogens with zero attached hydrogens (tertiary/aromatic N) is 1. The van der Waals surface area contributed by atoms with Crippen LogP contribution in [0, 0.1) is 12.8 Å². The van der Waals surface area contributed by atoms with E-state index in [1.165, 1.54) is 22.4 Å². The Morgan fingerprint density at radius 3 is 2.55 bits per heavy atom. The molecule has 1 heterocycles. The maximum absolute atomic E-state index is 13.1. The summed E-state index contributed by atoms with van der Waals surface area (Å²) in [6.07, 6.45) is 7.71. The topological polar surface area (TPSA) is 32.3 Å². The van der Waals surface area contributed by atoms with Crippen LogP contribution in [0.4, 0.5) is 5.69 Å². The molecular formula is C26H32N2O. The molecule has 0 saturated heterocycles. The molecule has 0 radical (unpaired) electrons. The van der Waals surface area contributed by atoms with Crippen molar-refractivity contribution >= 4 is 11.6 Å². The number of carbonyl (C=O) groups is 1. The molecule has 1 aliphatic heterocycles. The largest absolute Gasteiger partial charge is 0.378 e. The van der Waals surface area contributed by atoms with Crippen LogP contribution in [0.5, 0.6) is 0 Å². The highest BCUT2D eigenvalue weighted by Gasteiger charge is 2.38. The van der Waals surface area contributed by atoms with Gasteiger partial charge in [0, 0.05) is 30.3 Å². The van der Waals surface area contributed by atoms with Crippen molar-refractivity contribution in [2.45, 2.75) is 52.0 Å². The van der Waals surface area contributed by atoms with E-state index in [0.717, 1.165) is 37.9 Å². The minimum Gasteiger partial charge on any atom is -0.378 e. The maximum Gasteiger partial charge on any atom is 0.253 e. The number of rotatable bonds is 6. The van der Waals surface area contributed by atoms with Crippen LogP contribution in [0.3, 0.4) is 0 Å². The number of amides is 1. The van der Waals surface area contributed by atoms with Crippen LogP contribution in [-0.2, 0) is 0 Å². The summed E-state index contributed by atoms with van der Waals surface area (Å²) >= 11 is 0. The summed E-state index contributed by atoms with van der Waals surface area (Å²) in [5.41, 5.74) is 5.98. The molecule has 3 unspecified atom stereocenters. The van der Waals surface area contributed by atoms with Crippen LogP contribution in [0.25, 0.3) is 0 Å². The predicted octanol–water partition coefficient (Wildman–Crippen LogP) is 6.08. The lowest BCUT2D eigenvalue weighted by Gasteiger charge is -2.38. The highest BCUT2D eigenvalue weighted by molar-refractivity contribution is 5.95. The third-order valence-corrected chi connectivity index (χ3v) is 6.41. The Morgan fingerprint density at radius 2 is 1.83 bits per heavy atom. The first-order valence-electron chi connectivity index (χ1n) is 11.1. The Bertz CT molecular complexity index is 911. The summed E-state index contributed by atoms with van der Waals surface area (Å²) in [5, 5.41) is 3.81. The maximum atomic E-state index is 13.1. The number of carbonyl (C=O) groups excluding carboxylic acids is 1. The smallest absolute Gasteiger partial charge is 0.253 e. The number of benzene rings is 2. The van der Waals surface area contributed by atoms with Gasteiger partial charge < -0.3 is 10.2 Å². The second-order valence-corrected chi connectivity index (χ2v) is 8.43. The molecule has 1 N–H and O–H groups in total. The molecule has 0 bridgehead atoms. The third kappa shape index (κ3) is 3.71. The van der Waals surface area contributed by atoms with Crippen molar-refractivity contribution in [1.29, 1.82) is 0 Å². The van der Waals surface area contributed by atoms with E-state index in [1.54, 1.807) is 0 Å². The van der Waals surface area contributed by atoms with E-state index in [2.05, 4.69) is 74.6 Å². The van der Waals surface area contributed by atoms with E-state index in [4.69, 9.17) is 0 Å². The summed E-state index contributed by atoms with van der Waals surface area (Å²) < 4.78 is 0. The molecule has 0 fully saturated rings. The lowest BCUT2D eigenvalue weighted by atomic mass is 9.76. The van der Waals surface area contributed by atoms with Gasteiger partial charge in [-0.05, 0) is 67.0 Å². The van der Waals surface area contributed by atoms with Crippen LogP contribution >= 0.6 is 0 Å². The van der Waals surface area contributed by atoms with Gasteiger partial charge in [0.2, 0.25) is 0 Å². The van der Waals surface area contributed by atoms with Gasteiger partial charge in [-0.2, -0.15) is 0 Å². The number of nitrogens with one attached hydrogen (secondary N) is 1. The van der Waals surface area contributed by atoms with Crippen molar-refractivity contribution in [2.24, 2.45) is 5.92 Å². The zero-order valence-corrected chi connectivity index (χ0v) is 17.8. The molecule has 1 aliphatic carbocycles. The molecule has 1 amide bonds. The molecule has 2 aromatic rings. The van der Waals surface area contributed by atoms with Gasteiger partial charge in [-0.1, -0.05) is 50.3 Å². The Labute approximate surface area is 174 Å². The number of hydrogen-bond acceptors (Lipinski definition) is 2. The van der Waals surface area contributed by atoms with E-state index >= 15 is 0 Å². The number of allylic oxidation sites excluding steroid dienone is 2. The molecular weight excluding hydrogens is 356 g/mol. The van der Waals surface area contributed by atoms with Gasteiger partial charge in [0.1, 0.15) is 0 Å². The van der Waals surface area contributed by atoms with E-state index in [9.17, 15) is 4.79 Å². The molecule has 3 nitrogen and oxygen atoms in total. The highest BCUT2D eigenvalue weighted by atomic mass is 16.2. The monoisotopic (exact) mass is 388 g/mol. The van der Waals surface area contributed by atoms with Gasteiger partial charge in [0.25, 0.3) is 5.91 Å². The first-order chi connectivity index (χ1) is 14.1. The van der Waals surface area contributed by atoms with E-state index < -0.39 is 0 Å². The van der Waals surface area contributed by atoms with Crippen LogP contribution in [0.1, 0.15) is 72.1 Å². The Kier molecular flexibility index (Phi) is 5.75. The van der Waals surface area contributed by atoms with Crippen molar-refractivity contribution in [3.05, 3.63) is 76.9 Å². The summed E-state index contributed by atoms with van der Waals surface area (Å²) in [7, 11) is 0. The third-order valence-electron chi connectivity index (χ3n) is 6.41. The molecule has 3 heteroatoms. The molecule has 2 aromatic carbocycles. The predicted molar refractivity (Wildman–Crippen MR) is 120 cm³/mol. The van der Waals surface area contributed by atoms with Gasteiger partial charge in [-0.15, -0.1) is 0 Å². The van der Waals surface area contributed by atoms with E-state index in [0.29, 0.717) is 17.9 Å². The van der Waals surface area contributed by atoms with Crippen molar-refractivity contribution in [3.8, 4) is 0 Å². The van der Waals surface area contributed by atoms with Crippen LogP contribution < -0.4 is 5.32 Å². The van der Waals surface area contributed by atoms with Crippen LogP contribution in [0.15, 0.2) is 54.6 Å². The highest BCUT2D eigenvalue weighted by Crippen LogP contribution is 2.50. The van der Waals surface area contributed by atoms with Crippen molar-refractivity contribution in [3.63, 3.8) is 0 Å². The van der Waals surface area contributed by atoms with Crippen molar-refractivity contribution in [2.75, 3.05) is 18.4 Å². The van der Waals surface area contributed by atoms with Gasteiger partial charge in [-0.25, -0.2) is 0 Å². The van der Waals surface area contributed by atoms with Crippen LogP contribution in [-0.4, -0.2) is 23.9 Å². The molecule has 0 spiro atoms. The van der Waals surface area contributed by atoms with Crippen LogP contribution in [0.2, 0.25) is 0 Å². The van der Waals surface area contributed by atoms with Crippen molar-refractivity contribution in [1.82, 2.24) is 4.90 Å². The SMILES string of the molecule is CCCN(CCC)C(=O)c1ccc2c(c1)C1C=CCC1C(c1ccccc1C)N2. The summed E-state index contributed by atoms with van der Waals surface area (Å²) in [5.74, 6) is 1.03. The van der Waals surface area contributed by atoms with Gasteiger partial charge in [0.05, 0.1) is 6.04 Å². The fraction of sp³-hybridized carbons (Fsp3) is 0.423. The zero-order valence-electron chi connectivity index (χ0n) is 17.8. The standard InChI is InChI=1S/C26H32N2O/c1-4-15-28(16-5-2)26(29)19-13-14-24-23(17-19)21-11-8-12-22(21)25(27-24)20-10-7-6-9-18(20)3/h6-11,13-14,17,21-22,25,27H,4-5,12,15-16H2,1-3H3. The fourth-order valence-electron chi connectivity index (χ4n) is 5.01. The second kappa shape index (κ2) is 8.44. The lowest BCUT2D eigenvalue weighted by molar-refractivity contribution is 0.0755. The fourth-order valence-corrected chi connectivity index (χ4v) is 5.01. The number of fused-ring (bicyclic) bond motifs is 3. The number of anilines is 1. The number of aryl methyl sites for hydroxylation is 1. The van der Waals surface area contributed by atoms with Gasteiger partial charge in [-0.3, -0.25) is 4.79 Å². The molecule has 29 heavy (non-hydrogen) atoms. The second-order valence-electron chi connectivity index (χ2n) is 8.43. The van der Waals surface area contributed by atoms with Gasteiger partial charge >= 0.3 is 0 Å². The van der Waals surface area contributed by atoms with E-state index in [1.807, 2.05) is 11.0 Å². The molecule has 3 atom stereocenters. The quantitative estimate of drug-likeness (QED) is 0.608. The minimum atomic E-state index is 0.163. The Morgan fingerprint density at radius 1 is 1.07 bits per heavy atom. The average molecular weight is 389 g/mol. The average Bonchev–Trinajstić information content (AvgIpc) is 3.23. The molecule has 0 saturated carbocycles. The molecule has 4 rings (SSSR count).